The lowest BCUT2D eigenvalue weighted by Crippen LogP contribution is -2.32. The van der Waals surface area contributed by atoms with Crippen LogP contribution in [0, 0.1) is 0 Å². The van der Waals surface area contributed by atoms with Crippen LogP contribution in [0.1, 0.15) is 20.3 Å². The Morgan fingerprint density at radius 3 is 1.96 bits per heavy atom. The summed E-state index contributed by atoms with van der Waals surface area (Å²) in [4.78, 5) is 12.6. The van der Waals surface area contributed by atoms with E-state index in [1.54, 1.807) is 6.92 Å². The molecule has 2 aromatic carbocycles. The number of rotatable bonds is 7. The van der Waals surface area contributed by atoms with Crippen molar-refractivity contribution in [2.75, 3.05) is 6.61 Å². The molecule has 0 heterocycles. The fourth-order valence-electron chi connectivity index (χ4n) is 2.70. The molecule has 1 unspecified atom stereocenters. The summed E-state index contributed by atoms with van der Waals surface area (Å²) < 4.78 is 19.4. The van der Waals surface area contributed by atoms with Gasteiger partial charge in [0.15, 0.2) is 7.14 Å². The SMILES string of the molecule is C/C=C/CC(C(=O)OCC)P(=O)(c1ccccc1)c1ccccc1. The van der Waals surface area contributed by atoms with Crippen LogP contribution in [0.15, 0.2) is 72.8 Å². The topological polar surface area (TPSA) is 43.4 Å². The molecule has 2 rings (SSSR count). The van der Waals surface area contributed by atoms with E-state index >= 15 is 0 Å². The second-order valence-corrected chi connectivity index (χ2v) is 8.37. The Bertz CT molecular complexity index is 680. The number of ether oxygens (including phenoxy) is 1. The summed E-state index contributed by atoms with van der Waals surface area (Å²) in [5, 5.41) is 1.36. The highest BCUT2D eigenvalue weighted by atomic mass is 31.2. The van der Waals surface area contributed by atoms with Crippen molar-refractivity contribution >= 4 is 23.7 Å². The maximum atomic E-state index is 14.2. The molecule has 3 nitrogen and oxygen atoms in total. The van der Waals surface area contributed by atoms with Gasteiger partial charge in [-0.3, -0.25) is 4.79 Å². The number of allylic oxidation sites excluding steroid dienone is 2. The Morgan fingerprint density at radius 1 is 1.04 bits per heavy atom. The summed E-state index contributed by atoms with van der Waals surface area (Å²) in [6.45, 7) is 3.92. The molecule has 24 heavy (non-hydrogen) atoms. The van der Waals surface area contributed by atoms with Gasteiger partial charge < -0.3 is 9.30 Å². The Hall–Kier alpha value is -2.12. The van der Waals surface area contributed by atoms with Gasteiger partial charge in [-0.15, -0.1) is 0 Å². The summed E-state index contributed by atoms with van der Waals surface area (Å²) in [6.07, 6.45) is 4.13. The highest BCUT2D eigenvalue weighted by Crippen LogP contribution is 2.50. The van der Waals surface area contributed by atoms with Crippen LogP contribution in [-0.4, -0.2) is 18.2 Å². The van der Waals surface area contributed by atoms with Crippen molar-refractivity contribution in [2.45, 2.75) is 25.9 Å². The zero-order valence-corrected chi connectivity index (χ0v) is 15.0. The fourth-order valence-corrected chi connectivity index (χ4v) is 5.74. The molecule has 0 saturated heterocycles. The minimum absolute atomic E-state index is 0.273. The molecular weight excluding hydrogens is 319 g/mol. The van der Waals surface area contributed by atoms with E-state index in [4.69, 9.17) is 4.74 Å². The van der Waals surface area contributed by atoms with E-state index < -0.39 is 18.8 Å². The summed E-state index contributed by atoms with van der Waals surface area (Å²) in [6, 6.07) is 18.5. The molecule has 4 heteroatoms. The monoisotopic (exact) mass is 342 g/mol. The zero-order chi connectivity index (χ0) is 17.4. The molecule has 0 spiro atoms. The second kappa shape index (κ2) is 8.65. The number of esters is 1. The van der Waals surface area contributed by atoms with Crippen LogP contribution in [0.2, 0.25) is 0 Å². The molecule has 0 aliphatic rings. The minimum Gasteiger partial charge on any atom is -0.465 e. The first kappa shape index (κ1) is 18.2. The highest BCUT2D eigenvalue weighted by Gasteiger charge is 2.41. The van der Waals surface area contributed by atoms with Gasteiger partial charge in [-0.1, -0.05) is 72.8 Å². The van der Waals surface area contributed by atoms with Crippen molar-refractivity contribution in [3.63, 3.8) is 0 Å². The van der Waals surface area contributed by atoms with E-state index in [9.17, 15) is 9.36 Å². The van der Waals surface area contributed by atoms with E-state index in [2.05, 4.69) is 0 Å². The third kappa shape index (κ3) is 3.85. The first-order chi connectivity index (χ1) is 11.6. The highest BCUT2D eigenvalue weighted by molar-refractivity contribution is 7.80. The standard InChI is InChI=1S/C20H23O3P/c1-3-5-16-19(20(21)23-4-2)24(22,17-12-8-6-9-13-17)18-14-10-7-11-15-18/h3,5-15,19H,4,16H2,1-2H3/b5-3+. The van der Waals surface area contributed by atoms with Crippen molar-refractivity contribution in [3.8, 4) is 0 Å². The van der Waals surface area contributed by atoms with Crippen LogP contribution in [0.3, 0.4) is 0 Å². The number of hydrogen-bond acceptors (Lipinski definition) is 3. The molecule has 126 valence electrons. The fraction of sp³-hybridized carbons (Fsp3) is 0.250. The summed E-state index contributed by atoms with van der Waals surface area (Å²) in [5.41, 5.74) is -0.724. The molecule has 0 amide bonds. The lowest BCUT2D eigenvalue weighted by Gasteiger charge is -2.26. The molecular formula is C20H23O3P. The maximum absolute atomic E-state index is 14.2. The van der Waals surface area contributed by atoms with Crippen molar-refractivity contribution in [1.82, 2.24) is 0 Å². The van der Waals surface area contributed by atoms with Crippen LogP contribution in [-0.2, 0) is 14.1 Å². The molecule has 0 aliphatic carbocycles. The van der Waals surface area contributed by atoms with Crippen LogP contribution in [0.25, 0.3) is 0 Å². The second-order valence-electron chi connectivity index (χ2n) is 5.40. The van der Waals surface area contributed by atoms with Crippen LogP contribution < -0.4 is 10.6 Å². The van der Waals surface area contributed by atoms with E-state index in [-0.39, 0.29) is 6.61 Å². The third-order valence-electron chi connectivity index (χ3n) is 3.87. The van der Waals surface area contributed by atoms with Gasteiger partial charge in [-0.05, 0) is 20.3 Å². The number of carbonyl (C=O) groups is 1. The van der Waals surface area contributed by atoms with Gasteiger partial charge in [0.1, 0.15) is 5.66 Å². The normalized spacial score (nSPS) is 12.9. The number of benzene rings is 2. The first-order valence-electron chi connectivity index (χ1n) is 8.13. The van der Waals surface area contributed by atoms with E-state index in [0.29, 0.717) is 17.0 Å². The summed E-state index contributed by atoms with van der Waals surface area (Å²) in [7, 11) is -3.18. The molecule has 0 N–H and O–H groups in total. The van der Waals surface area contributed by atoms with Crippen LogP contribution >= 0.6 is 7.14 Å². The smallest absolute Gasteiger partial charge is 0.317 e. The first-order valence-corrected chi connectivity index (χ1v) is 9.91. The van der Waals surface area contributed by atoms with Crippen LogP contribution in [0.4, 0.5) is 0 Å². The van der Waals surface area contributed by atoms with Gasteiger partial charge in [-0.25, -0.2) is 0 Å². The predicted molar refractivity (Wildman–Crippen MR) is 99.6 cm³/mol. The summed E-state index contributed by atoms with van der Waals surface area (Å²) in [5.74, 6) is -0.411. The van der Waals surface area contributed by atoms with Gasteiger partial charge in [-0.2, -0.15) is 0 Å². The lowest BCUT2D eigenvalue weighted by molar-refractivity contribution is -0.142. The Balaban J connectivity index is 2.63. The third-order valence-corrected chi connectivity index (χ3v) is 7.30. The number of carbonyl (C=O) groups excluding carboxylic acids is 1. The van der Waals surface area contributed by atoms with Gasteiger partial charge >= 0.3 is 5.97 Å². The molecule has 0 bridgehead atoms. The zero-order valence-electron chi connectivity index (χ0n) is 14.1. The van der Waals surface area contributed by atoms with E-state index in [1.165, 1.54) is 0 Å². The molecule has 0 fully saturated rings. The Morgan fingerprint density at radius 2 is 1.54 bits per heavy atom. The Labute approximate surface area is 143 Å². The van der Waals surface area contributed by atoms with Crippen LogP contribution in [0.5, 0.6) is 0 Å². The summed E-state index contributed by atoms with van der Waals surface area (Å²) >= 11 is 0. The molecule has 0 aromatic heterocycles. The van der Waals surface area contributed by atoms with Gasteiger partial charge in [0.2, 0.25) is 0 Å². The van der Waals surface area contributed by atoms with Gasteiger partial charge in [0.25, 0.3) is 0 Å². The van der Waals surface area contributed by atoms with Gasteiger partial charge in [0, 0.05) is 10.6 Å². The van der Waals surface area contributed by atoms with E-state index in [1.807, 2.05) is 79.7 Å². The quantitative estimate of drug-likeness (QED) is 0.435. The van der Waals surface area contributed by atoms with E-state index in [0.717, 1.165) is 0 Å². The molecule has 0 saturated carbocycles. The average molecular weight is 342 g/mol. The van der Waals surface area contributed by atoms with Crippen molar-refractivity contribution in [2.24, 2.45) is 0 Å². The lowest BCUT2D eigenvalue weighted by atomic mass is 10.3. The number of hydrogen-bond donors (Lipinski definition) is 0. The van der Waals surface area contributed by atoms with Crippen molar-refractivity contribution in [1.29, 1.82) is 0 Å². The maximum Gasteiger partial charge on any atom is 0.317 e. The minimum atomic E-state index is -3.18. The molecule has 2 aromatic rings. The van der Waals surface area contributed by atoms with Crippen molar-refractivity contribution < 1.29 is 14.1 Å². The Kier molecular flexibility index (Phi) is 6.57. The predicted octanol–water partition coefficient (Wildman–Crippen LogP) is 3.90. The van der Waals surface area contributed by atoms with Crippen molar-refractivity contribution in [3.05, 3.63) is 72.8 Å². The van der Waals surface area contributed by atoms with Gasteiger partial charge in [0.05, 0.1) is 6.61 Å². The molecule has 0 aliphatic heterocycles. The average Bonchev–Trinajstić information content (AvgIpc) is 2.63. The molecule has 1 atom stereocenters. The largest absolute Gasteiger partial charge is 0.465 e. The molecule has 0 radical (unpaired) electrons.